The van der Waals surface area contributed by atoms with Crippen molar-refractivity contribution in [1.82, 2.24) is 0 Å². The molecule has 4 nitrogen and oxygen atoms in total. The van der Waals surface area contributed by atoms with Crippen LogP contribution in [0.4, 0.5) is 0 Å². The van der Waals surface area contributed by atoms with Crippen molar-refractivity contribution in [3.8, 4) is 11.1 Å². The molecule has 0 amide bonds. The second-order valence-corrected chi connectivity index (χ2v) is 8.75. The molecule has 4 heteroatoms. The summed E-state index contributed by atoms with van der Waals surface area (Å²) in [5.41, 5.74) is 3.08. The van der Waals surface area contributed by atoms with Gasteiger partial charge in [-0.2, -0.15) is 0 Å². The van der Waals surface area contributed by atoms with E-state index in [4.69, 9.17) is 9.47 Å². The molecule has 1 fully saturated rings. The Hall–Kier alpha value is -2.62. The van der Waals surface area contributed by atoms with Gasteiger partial charge < -0.3 is 9.47 Å². The lowest BCUT2D eigenvalue weighted by Crippen LogP contribution is -2.36. The average molecular weight is 409 g/mol. The van der Waals surface area contributed by atoms with Gasteiger partial charge in [0, 0.05) is 0 Å². The summed E-state index contributed by atoms with van der Waals surface area (Å²) in [6.07, 6.45) is 3.20. The maximum absolute atomic E-state index is 12.2. The van der Waals surface area contributed by atoms with Crippen LogP contribution in [0.25, 0.3) is 11.1 Å². The monoisotopic (exact) mass is 408 g/mol. The quantitative estimate of drug-likeness (QED) is 0.572. The third kappa shape index (κ3) is 6.19. The summed E-state index contributed by atoms with van der Waals surface area (Å²) in [4.78, 5) is 24.4. The van der Waals surface area contributed by atoms with E-state index in [0.717, 1.165) is 29.5 Å². The highest BCUT2D eigenvalue weighted by molar-refractivity contribution is 5.78. The predicted molar refractivity (Wildman–Crippen MR) is 118 cm³/mol. The third-order valence-electron chi connectivity index (χ3n) is 6.00. The Morgan fingerprint density at radius 1 is 0.933 bits per heavy atom. The van der Waals surface area contributed by atoms with E-state index in [1.54, 1.807) is 0 Å². The van der Waals surface area contributed by atoms with E-state index < -0.39 is 11.9 Å². The molecule has 0 N–H and O–H groups in total. The molecule has 3 atom stereocenters. The van der Waals surface area contributed by atoms with Crippen LogP contribution in [0.5, 0.6) is 0 Å². The normalized spacial score (nSPS) is 21.3. The first-order valence-corrected chi connectivity index (χ1v) is 10.9. The molecule has 1 aliphatic rings. The molecule has 0 saturated heterocycles. The van der Waals surface area contributed by atoms with Crippen LogP contribution in [-0.4, -0.2) is 24.6 Å². The average Bonchev–Trinajstić information content (AvgIpc) is 2.73. The highest BCUT2D eigenvalue weighted by atomic mass is 16.6. The van der Waals surface area contributed by atoms with E-state index in [0.29, 0.717) is 17.8 Å². The fraction of sp³-hybridized carbons (Fsp3) is 0.462. The zero-order valence-electron chi connectivity index (χ0n) is 18.2. The molecule has 1 saturated carbocycles. The Labute approximate surface area is 179 Å². The van der Waals surface area contributed by atoms with Crippen molar-refractivity contribution in [3.05, 3.63) is 60.2 Å². The van der Waals surface area contributed by atoms with Gasteiger partial charge in [0.1, 0.15) is 6.10 Å². The third-order valence-corrected chi connectivity index (χ3v) is 6.00. The summed E-state index contributed by atoms with van der Waals surface area (Å²) in [6.45, 7) is 6.21. The number of hydrogen-bond acceptors (Lipinski definition) is 4. The first kappa shape index (κ1) is 22.1. The van der Waals surface area contributed by atoms with Crippen molar-refractivity contribution in [2.24, 2.45) is 17.8 Å². The Balaban J connectivity index is 1.46. The summed E-state index contributed by atoms with van der Waals surface area (Å²) in [5, 5.41) is 0. The van der Waals surface area contributed by atoms with Gasteiger partial charge in [0.2, 0.25) is 0 Å². The van der Waals surface area contributed by atoms with Crippen LogP contribution in [0, 0.1) is 17.8 Å². The maximum Gasteiger partial charge on any atom is 0.344 e. The van der Waals surface area contributed by atoms with Gasteiger partial charge in [-0.05, 0) is 47.3 Å². The first-order chi connectivity index (χ1) is 14.4. The van der Waals surface area contributed by atoms with Crippen molar-refractivity contribution in [2.75, 3.05) is 6.61 Å². The molecule has 0 spiro atoms. The van der Waals surface area contributed by atoms with Crippen molar-refractivity contribution in [2.45, 2.75) is 52.6 Å². The van der Waals surface area contributed by atoms with Crippen molar-refractivity contribution < 1.29 is 19.1 Å². The van der Waals surface area contributed by atoms with E-state index >= 15 is 0 Å². The fourth-order valence-corrected chi connectivity index (χ4v) is 4.26. The Bertz CT molecular complexity index is 826. The van der Waals surface area contributed by atoms with Gasteiger partial charge in [-0.3, -0.25) is 4.79 Å². The molecule has 160 valence electrons. The molecule has 3 rings (SSSR count). The number of hydrogen-bond donors (Lipinski definition) is 0. The van der Waals surface area contributed by atoms with Crippen LogP contribution in [0.2, 0.25) is 0 Å². The number of ether oxygens (including phenoxy) is 2. The molecule has 0 heterocycles. The van der Waals surface area contributed by atoms with Crippen LogP contribution in [-0.2, 0) is 25.5 Å². The smallest absolute Gasteiger partial charge is 0.344 e. The van der Waals surface area contributed by atoms with E-state index in [9.17, 15) is 9.59 Å². The summed E-state index contributed by atoms with van der Waals surface area (Å²) in [6, 6.07) is 17.9. The minimum Gasteiger partial charge on any atom is -0.460 e. The van der Waals surface area contributed by atoms with E-state index in [1.807, 2.05) is 54.6 Å². The lowest BCUT2D eigenvalue weighted by atomic mass is 9.75. The molecule has 1 aliphatic carbocycles. The van der Waals surface area contributed by atoms with Crippen LogP contribution < -0.4 is 0 Å². The molecular formula is C26H32O4. The number of rotatable bonds is 7. The molecule has 0 aliphatic heterocycles. The molecule has 2 aromatic rings. The Morgan fingerprint density at radius 3 is 2.27 bits per heavy atom. The second kappa shape index (κ2) is 10.4. The summed E-state index contributed by atoms with van der Waals surface area (Å²) < 4.78 is 10.9. The predicted octanol–water partition coefficient (Wildman–Crippen LogP) is 5.44. The Kier molecular flexibility index (Phi) is 7.67. The van der Waals surface area contributed by atoms with E-state index in [2.05, 4.69) is 20.8 Å². The van der Waals surface area contributed by atoms with Crippen molar-refractivity contribution in [1.29, 1.82) is 0 Å². The van der Waals surface area contributed by atoms with Crippen molar-refractivity contribution in [3.63, 3.8) is 0 Å². The molecule has 3 unspecified atom stereocenters. The molecule has 0 radical (unpaired) electrons. The van der Waals surface area contributed by atoms with Gasteiger partial charge in [-0.25, -0.2) is 4.79 Å². The van der Waals surface area contributed by atoms with Gasteiger partial charge >= 0.3 is 11.9 Å². The van der Waals surface area contributed by atoms with Crippen LogP contribution in [0.15, 0.2) is 54.6 Å². The minimum absolute atomic E-state index is 0.0783. The summed E-state index contributed by atoms with van der Waals surface area (Å²) >= 11 is 0. The fourth-order valence-electron chi connectivity index (χ4n) is 4.26. The van der Waals surface area contributed by atoms with E-state index in [1.165, 1.54) is 6.42 Å². The molecule has 0 bridgehead atoms. The first-order valence-electron chi connectivity index (χ1n) is 10.9. The highest BCUT2D eigenvalue weighted by Gasteiger charge is 2.33. The zero-order valence-corrected chi connectivity index (χ0v) is 18.2. The SMILES string of the molecule is CC1CCC(C(C)C)C(OC(=O)COC(=O)Cc2ccc(-c3ccccc3)cc2)C1. The maximum atomic E-state index is 12.2. The number of carbonyl (C=O) groups is 2. The molecule has 0 aromatic heterocycles. The van der Waals surface area contributed by atoms with Crippen LogP contribution in [0.1, 0.15) is 45.6 Å². The van der Waals surface area contributed by atoms with E-state index in [-0.39, 0.29) is 19.1 Å². The molecular weight excluding hydrogens is 376 g/mol. The highest BCUT2D eigenvalue weighted by Crippen LogP contribution is 2.35. The van der Waals surface area contributed by atoms with Gasteiger partial charge in [0.15, 0.2) is 6.61 Å². The summed E-state index contributed by atoms with van der Waals surface area (Å²) in [7, 11) is 0. The van der Waals surface area contributed by atoms with Crippen molar-refractivity contribution >= 4 is 11.9 Å². The Morgan fingerprint density at radius 2 is 1.60 bits per heavy atom. The lowest BCUT2D eigenvalue weighted by molar-refractivity contribution is -0.166. The number of benzene rings is 2. The standard InChI is InChI=1S/C26H32O4/c1-18(2)23-14-9-19(3)15-24(23)30-26(28)17-29-25(27)16-20-10-12-22(13-11-20)21-7-5-4-6-8-21/h4-8,10-13,18-19,23-24H,9,14-17H2,1-3H3. The molecule has 2 aromatic carbocycles. The summed E-state index contributed by atoms with van der Waals surface area (Å²) in [5.74, 6) is 0.532. The largest absolute Gasteiger partial charge is 0.460 e. The van der Waals surface area contributed by atoms with Gasteiger partial charge in [0.05, 0.1) is 6.42 Å². The molecule has 30 heavy (non-hydrogen) atoms. The zero-order chi connectivity index (χ0) is 21.5. The van der Waals surface area contributed by atoms with Crippen LogP contribution >= 0.6 is 0 Å². The minimum atomic E-state index is -0.451. The number of esters is 2. The topological polar surface area (TPSA) is 52.6 Å². The number of carbonyl (C=O) groups excluding carboxylic acids is 2. The van der Waals surface area contributed by atoms with Gasteiger partial charge in [-0.15, -0.1) is 0 Å². The van der Waals surface area contributed by atoms with Crippen LogP contribution in [0.3, 0.4) is 0 Å². The van der Waals surface area contributed by atoms with Gasteiger partial charge in [0.25, 0.3) is 0 Å². The van der Waals surface area contributed by atoms with Gasteiger partial charge in [-0.1, -0.05) is 81.8 Å². The second-order valence-electron chi connectivity index (χ2n) is 8.75. The lowest BCUT2D eigenvalue weighted by Gasteiger charge is -2.36.